The van der Waals surface area contributed by atoms with Crippen LogP contribution in [0.2, 0.25) is 0 Å². The minimum Gasteiger partial charge on any atom is -0.457 e. The Balaban J connectivity index is 4.11. The Labute approximate surface area is 404 Å². The molecule has 0 aliphatic rings. The van der Waals surface area contributed by atoms with Crippen LogP contribution in [0.15, 0.2) is 36.5 Å². The minimum atomic E-state index is -4.29. The second kappa shape index (κ2) is 49.2. The number of esters is 1. The van der Waals surface area contributed by atoms with Crippen molar-refractivity contribution in [3.8, 4) is 0 Å². The summed E-state index contributed by atoms with van der Waals surface area (Å²) in [4.78, 5) is 23.0. The number of hydrogen-bond acceptors (Lipinski definition) is 6. The van der Waals surface area contributed by atoms with Gasteiger partial charge in [0.05, 0.1) is 34.4 Å². The van der Waals surface area contributed by atoms with E-state index in [1.807, 2.05) is 21.1 Å². The van der Waals surface area contributed by atoms with Crippen molar-refractivity contribution in [3.63, 3.8) is 0 Å². The lowest BCUT2D eigenvalue weighted by Crippen LogP contribution is -2.37. The van der Waals surface area contributed by atoms with Crippen LogP contribution < -0.4 is 0 Å². The van der Waals surface area contributed by atoms with Crippen molar-refractivity contribution in [3.05, 3.63) is 36.5 Å². The second-order valence-corrected chi connectivity index (χ2v) is 21.4. The van der Waals surface area contributed by atoms with Crippen LogP contribution >= 0.6 is 7.82 Å². The van der Waals surface area contributed by atoms with Gasteiger partial charge in [0.15, 0.2) is 0 Å². The lowest BCUT2D eigenvalue weighted by atomic mass is 10.0. The highest BCUT2D eigenvalue weighted by Crippen LogP contribution is 2.43. The van der Waals surface area contributed by atoms with Gasteiger partial charge in [-0.1, -0.05) is 237 Å². The SMILES string of the molecule is CCCCCCC/C=C\C/C=C\C/C=C\CCCCCCCCC(=O)OC(COCCCCCCCCCCCCCCCCCCCCCCCC)COP(=O)(O)OCC[N+](C)(C)C. The fraction of sp³-hybridized carbons (Fsp3) is 0.875. The molecule has 8 nitrogen and oxygen atoms in total. The van der Waals surface area contributed by atoms with Gasteiger partial charge in [0.1, 0.15) is 19.3 Å². The van der Waals surface area contributed by atoms with Crippen molar-refractivity contribution in [2.75, 3.05) is 54.1 Å². The van der Waals surface area contributed by atoms with Crippen LogP contribution in [0.1, 0.15) is 258 Å². The van der Waals surface area contributed by atoms with Gasteiger partial charge in [0, 0.05) is 13.0 Å². The van der Waals surface area contributed by atoms with Gasteiger partial charge in [0.25, 0.3) is 0 Å². The number of phosphoric acid groups is 1. The molecule has 0 spiro atoms. The van der Waals surface area contributed by atoms with Gasteiger partial charge in [-0.15, -0.1) is 0 Å². The Kier molecular flexibility index (Phi) is 48.2. The molecule has 0 aromatic carbocycles. The molecule has 2 unspecified atom stereocenters. The smallest absolute Gasteiger partial charge is 0.457 e. The number of phosphoric ester groups is 1. The largest absolute Gasteiger partial charge is 0.472 e. The number of likely N-dealkylation sites (N-methyl/N-ethyl adjacent to an activating group) is 1. The van der Waals surface area contributed by atoms with Crippen molar-refractivity contribution in [1.82, 2.24) is 0 Å². The lowest BCUT2D eigenvalue weighted by Gasteiger charge is -2.24. The van der Waals surface area contributed by atoms with E-state index in [4.69, 9.17) is 18.5 Å². The molecule has 0 saturated carbocycles. The van der Waals surface area contributed by atoms with Crippen molar-refractivity contribution in [2.45, 2.75) is 264 Å². The molecule has 2 atom stereocenters. The summed E-state index contributed by atoms with van der Waals surface area (Å²) in [6.45, 7) is 5.65. The van der Waals surface area contributed by atoms with E-state index >= 15 is 0 Å². The normalized spacial score (nSPS) is 13.8. The van der Waals surface area contributed by atoms with E-state index in [-0.39, 0.29) is 25.8 Å². The molecule has 1 N–H and O–H groups in total. The van der Waals surface area contributed by atoms with E-state index in [1.165, 1.54) is 180 Å². The molecule has 0 aliphatic heterocycles. The maximum absolute atomic E-state index is 12.8. The van der Waals surface area contributed by atoms with Crippen LogP contribution in [-0.4, -0.2) is 75.6 Å². The van der Waals surface area contributed by atoms with E-state index in [0.717, 1.165) is 57.8 Å². The van der Waals surface area contributed by atoms with E-state index in [0.29, 0.717) is 24.1 Å². The zero-order valence-electron chi connectivity index (χ0n) is 43.7. The van der Waals surface area contributed by atoms with Crippen molar-refractivity contribution in [1.29, 1.82) is 0 Å². The summed E-state index contributed by atoms with van der Waals surface area (Å²) in [5, 5.41) is 0. The molecule has 384 valence electrons. The van der Waals surface area contributed by atoms with Gasteiger partial charge in [-0.3, -0.25) is 13.8 Å². The fourth-order valence-corrected chi connectivity index (χ4v) is 8.66. The quantitative estimate of drug-likeness (QED) is 0.0214. The van der Waals surface area contributed by atoms with E-state index in [2.05, 4.69) is 50.3 Å². The molecule has 0 saturated heterocycles. The topological polar surface area (TPSA) is 91.3 Å². The summed E-state index contributed by atoms with van der Waals surface area (Å²) in [7, 11) is 1.67. The average molecular weight is 939 g/mol. The minimum absolute atomic E-state index is 0.0870. The Morgan fingerprint density at radius 3 is 1.26 bits per heavy atom. The van der Waals surface area contributed by atoms with Gasteiger partial charge < -0.3 is 18.9 Å². The van der Waals surface area contributed by atoms with Crippen molar-refractivity contribution >= 4 is 13.8 Å². The third-order valence-corrected chi connectivity index (χ3v) is 13.2. The van der Waals surface area contributed by atoms with Gasteiger partial charge in [-0.05, 0) is 51.4 Å². The standard InChI is InChI=1S/C56H108NO7P/c1-6-8-10-12-14-16-18-20-22-24-26-28-30-32-34-36-38-40-42-44-46-48-51-61-53-55(54-63-65(59,60)62-52-50-57(3,4)5)64-56(58)49-47-45-43-41-39-37-35-33-31-29-27-25-23-21-19-17-15-13-11-9-7-2/h19,21,25,27,31,33,55H,6-18,20,22-24,26,28-30,32,34-54H2,1-5H3/p+1/b21-19-,27-25-,33-31-. The molecule has 65 heavy (non-hydrogen) atoms. The number of nitrogens with zero attached hydrogens (tertiary/aromatic N) is 1. The first kappa shape index (κ1) is 63.7. The number of ether oxygens (including phenoxy) is 2. The first-order valence-corrected chi connectivity index (χ1v) is 29.2. The first-order valence-electron chi connectivity index (χ1n) is 27.7. The number of carbonyl (C=O) groups is 1. The Morgan fingerprint density at radius 1 is 0.477 bits per heavy atom. The van der Waals surface area contributed by atoms with E-state index in [1.54, 1.807) is 0 Å². The molecule has 0 aromatic heterocycles. The summed E-state index contributed by atoms with van der Waals surface area (Å²) in [5.41, 5.74) is 0. The van der Waals surface area contributed by atoms with Crippen molar-refractivity contribution < 1.29 is 37.3 Å². The zero-order chi connectivity index (χ0) is 47.6. The Bertz CT molecular complexity index is 1140. The Morgan fingerprint density at radius 2 is 0.846 bits per heavy atom. The van der Waals surface area contributed by atoms with Crippen LogP contribution in [0.5, 0.6) is 0 Å². The highest BCUT2D eigenvalue weighted by molar-refractivity contribution is 7.47. The molecule has 0 radical (unpaired) electrons. The summed E-state index contributed by atoms with van der Waals surface area (Å²) in [5.74, 6) is -0.321. The molecule has 0 rings (SSSR count). The fourth-order valence-electron chi connectivity index (χ4n) is 7.92. The Hall–Kier alpha value is -1.28. The maximum Gasteiger partial charge on any atom is 0.472 e. The van der Waals surface area contributed by atoms with Gasteiger partial charge >= 0.3 is 13.8 Å². The molecular weight excluding hydrogens is 830 g/mol. The van der Waals surface area contributed by atoms with Crippen LogP contribution in [-0.2, 0) is 27.9 Å². The average Bonchev–Trinajstić information content (AvgIpc) is 3.27. The number of unbranched alkanes of at least 4 members (excludes halogenated alkanes) is 32. The number of allylic oxidation sites excluding steroid dienone is 6. The monoisotopic (exact) mass is 939 g/mol. The third-order valence-electron chi connectivity index (χ3n) is 12.2. The van der Waals surface area contributed by atoms with Gasteiger partial charge in [-0.25, -0.2) is 4.57 Å². The molecule has 0 bridgehead atoms. The number of carbonyl (C=O) groups excluding carboxylic acids is 1. The van der Waals surface area contributed by atoms with E-state index in [9.17, 15) is 14.3 Å². The van der Waals surface area contributed by atoms with Crippen molar-refractivity contribution in [2.24, 2.45) is 0 Å². The first-order chi connectivity index (χ1) is 31.6. The third kappa shape index (κ3) is 53.5. The molecule has 0 amide bonds. The molecule has 0 heterocycles. The van der Waals surface area contributed by atoms with Gasteiger partial charge in [0.2, 0.25) is 0 Å². The summed E-state index contributed by atoms with van der Waals surface area (Å²) in [6, 6.07) is 0. The predicted octanol–water partition coefficient (Wildman–Crippen LogP) is 17.3. The predicted molar refractivity (Wildman–Crippen MR) is 280 cm³/mol. The van der Waals surface area contributed by atoms with Crippen LogP contribution in [0.4, 0.5) is 0 Å². The van der Waals surface area contributed by atoms with Gasteiger partial charge in [-0.2, -0.15) is 0 Å². The number of rotatable bonds is 52. The van der Waals surface area contributed by atoms with Crippen LogP contribution in [0, 0.1) is 0 Å². The highest BCUT2D eigenvalue weighted by atomic mass is 31.2. The lowest BCUT2D eigenvalue weighted by molar-refractivity contribution is -0.870. The number of hydrogen-bond donors (Lipinski definition) is 1. The molecule has 0 aromatic rings. The molecule has 9 heteroatoms. The maximum atomic E-state index is 12.8. The van der Waals surface area contributed by atoms with Crippen LogP contribution in [0.3, 0.4) is 0 Å². The summed E-state index contributed by atoms with van der Waals surface area (Å²) in [6.07, 6.45) is 60.6. The summed E-state index contributed by atoms with van der Waals surface area (Å²) < 4.78 is 35.2. The molecular formula is C56H109NO7P+. The molecule has 0 fully saturated rings. The second-order valence-electron chi connectivity index (χ2n) is 20.0. The number of quaternary nitrogens is 1. The zero-order valence-corrected chi connectivity index (χ0v) is 44.6. The highest BCUT2D eigenvalue weighted by Gasteiger charge is 2.26. The van der Waals surface area contributed by atoms with E-state index < -0.39 is 13.9 Å². The molecule has 0 aliphatic carbocycles. The summed E-state index contributed by atoms with van der Waals surface area (Å²) >= 11 is 0. The van der Waals surface area contributed by atoms with Crippen LogP contribution in [0.25, 0.3) is 0 Å².